The molecule has 0 radical (unpaired) electrons. The zero-order valence-corrected chi connectivity index (χ0v) is 17.8. The van der Waals surface area contributed by atoms with Crippen LogP contribution in [-0.2, 0) is 4.74 Å². The first-order chi connectivity index (χ1) is 14.6. The van der Waals surface area contributed by atoms with Crippen LogP contribution in [0.2, 0.25) is 0 Å². The summed E-state index contributed by atoms with van der Waals surface area (Å²) in [4.78, 5) is 16.8. The Morgan fingerprint density at radius 2 is 1.80 bits per heavy atom. The molecular weight excluding hydrogens is 382 g/mol. The number of carbonyl (C=O) groups excluding carboxylic acids is 1. The van der Waals surface area contributed by atoms with Crippen molar-refractivity contribution in [2.24, 2.45) is 0 Å². The van der Waals surface area contributed by atoms with E-state index in [9.17, 15) is 4.79 Å². The fourth-order valence-corrected chi connectivity index (χ4v) is 4.33. The van der Waals surface area contributed by atoms with Gasteiger partial charge in [0.15, 0.2) is 0 Å². The van der Waals surface area contributed by atoms with Crippen LogP contribution in [0.3, 0.4) is 0 Å². The van der Waals surface area contributed by atoms with Crippen LogP contribution in [-0.4, -0.2) is 72.2 Å². The average molecular weight is 414 g/mol. The number of esters is 1. The molecule has 2 fully saturated rings. The Kier molecular flexibility index (Phi) is 6.52. The van der Waals surface area contributed by atoms with Gasteiger partial charge in [-0.15, -0.1) is 0 Å². The van der Waals surface area contributed by atoms with E-state index in [0.29, 0.717) is 12.5 Å². The molecule has 162 valence electrons. The molecule has 1 aromatic carbocycles. The van der Waals surface area contributed by atoms with Crippen molar-refractivity contribution < 1.29 is 14.3 Å². The fraction of sp³-hybridized carbons (Fsp3) is 0.591. The van der Waals surface area contributed by atoms with Crippen LogP contribution in [0.5, 0.6) is 5.88 Å². The van der Waals surface area contributed by atoms with Gasteiger partial charge in [-0.25, -0.2) is 9.89 Å². The largest absolute Gasteiger partial charge is 0.472 e. The Balaban J connectivity index is 1.30. The molecule has 2 heterocycles. The number of nitrogens with one attached hydrogen (secondary N) is 1. The van der Waals surface area contributed by atoms with Gasteiger partial charge < -0.3 is 19.3 Å². The van der Waals surface area contributed by atoms with Crippen LogP contribution in [0.15, 0.2) is 24.3 Å². The third-order valence-electron chi connectivity index (χ3n) is 6.18. The Morgan fingerprint density at radius 3 is 2.47 bits per heavy atom. The topological polar surface area (TPSA) is 83.6 Å². The minimum absolute atomic E-state index is 0.0455. The highest BCUT2D eigenvalue weighted by Gasteiger charge is 2.27. The Hall–Kier alpha value is -2.61. The molecule has 2 aliphatic rings. The predicted molar refractivity (Wildman–Crippen MR) is 114 cm³/mol. The molecule has 8 nitrogen and oxygen atoms in total. The van der Waals surface area contributed by atoms with Crippen LogP contribution in [0.1, 0.15) is 54.6 Å². The first-order valence-corrected chi connectivity index (χ1v) is 10.9. The zero-order valence-electron chi connectivity index (χ0n) is 17.8. The number of anilines is 1. The highest BCUT2D eigenvalue weighted by atomic mass is 16.5. The van der Waals surface area contributed by atoms with E-state index in [1.54, 1.807) is 6.92 Å². The first-order valence-electron chi connectivity index (χ1n) is 10.9. The molecule has 2 aromatic rings. The SMILES string of the molecule is CCOC(=O)c1[nH]nnc1OC1CCC(c2ccc(N3CCN(C)CC3)cc2)CC1. The molecule has 4 rings (SSSR count). The van der Waals surface area contributed by atoms with Gasteiger partial charge in [0.1, 0.15) is 6.10 Å². The van der Waals surface area contributed by atoms with Gasteiger partial charge in [0.25, 0.3) is 5.88 Å². The lowest BCUT2D eigenvalue weighted by atomic mass is 9.82. The predicted octanol–water partition coefficient (Wildman–Crippen LogP) is 2.84. The van der Waals surface area contributed by atoms with Gasteiger partial charge in [-0.3, -0.25) is 0 Å². The van der Waals surface area contributed by atoms with E-state index in [0.717, 1.165) is 51.9 Å². The number of rotatable bonds is 6. The number of aromatic nitrogens is 3. The third-order valence-corrected chi connectivity index (χ3v) is 6.18. The van der Waals surface area contributed by atoms with E-state index >= 15 is 0 Å². The molecule has 8 heteroatoms. The molecule has 30 heavy (non-hydrogen) atoms. The van der Waals surface area contributed by atoms with Crippen LogP contribution < -0.4 is 9.64 Å². The van der Waals surface area contributed by atoms with Gasteiger partial charge in [0.05, 0.1) is 6.61 Å². The summed E-state index contributed by atoms with van der Waals surface area (Å²) >= 11 is 0. The highest BCUT2D eigenvalue weighted by molar-refractivity contribution is 5.89. The molecule has 1 saturated carbocycles. The van der Waals surface area contributed by atoms with Crippen molar-refractivity contribution in [3.63, 3.8) is 0 Å². The molecule has 0 atom stereocenters. The molecule has 0 bridgehead atoms. The Labute approximate surface area is 177 Å². The maximum Gasteiger partial charge on any atom is 0.362 e. The van der Waals surface area contributed by atoms with Crippen molar-refractivity contribution in [3.05, 3.63) is 35.5 Å². The van der Waals surface area contributed by atoms with E-state index in [4.69, 9.17) is 9.47 Å². The van der Waals surface area contributed by atoms with Crippen molar-refractivity contribution in [2.75, 3.05) is 44.7 Å². The molecule has 1 aliphatic carbocycles. The molecule has 0 amide bonds. The maximum atomic E-state index is 11.9. The molecule has 0 unspecified atom stereocenters. The summed E-state index contributed by atoms with van der Waals surface area (Å²) < 4.78 is 11.0. The second kappa shape index (κ2) is 9.47. The van der Waals surface area contributed by atoms with Crippen LogP contribution in [0.4, 0.5) is 5.69 Å². The fourth-order valence-electron chi connectivity index (χ4n) is 4.33. The lowest BCUT2D eigenvalue weighted by Crippen LogP contribution is -2.44. The third kappa shape index (κ3) is 4.75. The Bertz CT molecular complexity index is 822. The number of likely N-dealkylation sites (N-methyl/N-ethyl adjacent to an activating group) is 1. The van der Waals surface area contributed by atoms with Crippen LogP contribution in [0.25, 0.3) is 0 Å². The normalized spacial score (nSPS) is 22.7. The number of hydrogen-bond donors (Lipinski definition) is 1. The van der Waals surface area contributed by atoms with Crippen LogP contribution >= 0.6 is 0 Å². The first kappa shape index (κ1) is 20.7. The summed E-state index contributed by atoms with van der Waals surface area (Å²) in [5.74, 6) is 0.313. The lowest BCUT2D eigenvalue weighted by Gasteiger charge is -2.34. The minimum Gasteiger partial charge on any atom is -0.472 e. The van der Waals surface area contributed by atoms with E-state index in [1.807, 2.05) is 0 Å². The number of benzene rings is 1. The highest BCUT2D eigenvalue weighted by Crippen LogP contribution is 2.35. The number of aromatic amines is 1. The summed E-state index contributed by atoms with van der Waals surface area (Å²) in [6.45, 7) is 6.49. The molecular formula is C22H31N5O3. The number of hydrogen-bond acceptors (Lipinski definition) is 7. The van der Waals surface area contributed by atoms with E-state index < -0.39 is 5.97 Å². The molecule has 1 saturated heterocycles. The molecule has 1 aliphatic heterocycles. The number of piperazine rings is 1. The van der Waals surface area contributed by atoms with Gasteiger partial charge >= 0.3 is 5.97 Å². The second-order valence-corrected chi connectivity index (χ2v) is 8.19. The van der Waals surface area contributed by atoms with Crippen molar-refractivity contribution >= 4 is 11.7 Å². The van der Waals surface area contributed by atoms with Crippen molar-refractivity contribution in [1.29, 1.82) is 0 Å². The number of H-pyrrole nitrogens is 1. The summed E-state index contributed by atoms with van der Waals surface area (Å²) in [5.41, 5.74) is 2.92. The number of carbonyl (C=O) groups is 1. The smallest absolute Gasteiger partial charge is 0.362 e. The van der Waals surface area contributed by atoms with Gasteiger partial charge in [-0.1, -0.05) is 22.4 Å². The molecule has 0 spiro atoms. The zero-order chi connectivity index (χ0) is 20.9. The van der Waals surface area contributed by atoms with Crippen molar-refractivity contribution in [3.8, 4) is 5.88 Å². The molecule has 1 aromatic heterocycles. The summed E-state index contributed by atoms with van der Waals surface area (Å²) in [5, 5.41) is 10.2. The van der Waals surface area contributed by atoms with Crippen LogP contribution in [0, 0.1) is 0 Å². The minimum atomic E-state index is -0.480. The summed E-state index contributed by atoms with van der Waals surface area (Å²) in [6.07, 6.45) is 4.03. The van der Waals surface area contributed by atoms with Gasteiger partial charge in [-0.2, -0.15) is 0 Å². The summed E-state index contributed by atoms with van der Waals surface area (Å²) in [6, 6.07) is 9.11. The van der Waals surface area contributed by atoms with E-state index in [-0.39, 0.29) is 17.7 Å². The maximum absolute atomic E-state index is 11.9. The average Bonchev–Trinajstić information content (AvgIpc) is 3.23. The van der Waals surface area contributed by atoms with Crippen molar-refractivity contribution in [1.82, 2.24) is 20.3 Å². The second-order valence-electron chi connectivity index (χ2n) is 8.19. The van der Waals surface area contributed by atoms with Crippen molar-refractivity contribution in [2.45, 2.75) is 44.6 Å². The van der Waals surface area contributed by atoms with Gasteiger partial charge in [0, 0.05) is 31.9 Å². The van der Waals surface area contributed by atoms with Gasteiger partial charge in [-0.05, 0) is 63.3 Å². The van der Waals surface area contributed by atoms with E-state index in [2.05, 4.69) is 56.5 Å². The molecule has 1 N–H and O–H groups in total. The Morgan fingerprint density at radius 1 is 1.10 bits per heavy atom. The summed E-state index contributed by atoms with van der Waals surface area (Å²) in [7, 11) is 2.18. The number of nitrogens with zero attached hydrogens (tertiary/aromatic N) is 4. The standard InChI is InChI=1S/C22H31N5O3/c1-3-29-22(28)20-21(24-25-23-20)30-19-10-6-17(7-11-19)16-4-8-18(9-5-16)27-14-12-26(2)13-15-27/h4-5,8-9,17,19H,3,6-7,10-15H2,1-2H3,(H,23,24,25). The number of ether oxygens (including phenoxy) is 2. The quantitative estimate of drug-likeness (QED) is 0.729. The monoisotopic (exact) mass is 413 g/mol. The van der Waals surface area contributed by atoms with E-state index in [1.165, 1.54) is 11.3 Å². The lowest BCUT2D eigenvalue weighted by molar-refractivity contribution is 0.0508. The van der Waals surface area contributed by atoms with Gasteiger partial charge in [0.2, 0.25) is 5.69 Å².